The normalized spacial score (nSPS) is 12.1. The molecule has 0 aliphatic rings. The third-order valence-electron chi connectivity index (χ3n) is 4.59. The van der Waals surface area contributed by atoms with Gasteiger partial charge < -0.3 is 4.74 Å². The maximum absolute atomic E-state index is 13.4. The molecule has 0 aliphatic carbocycles. The molecule has 8 heteroatoms. The highest BCUT2D eigenvalue weighted by Crippen LogP contribution is 2.29. The van der Waals surface area contributed by atoms with E-state index in [1.807, 2.05) is 19.9 Å². The Morgan fingerprint density at radius 3 is 2.45 bits per heavy atom. The molecule has 2 aromatic carbocycles. The van der Waals surface area contributed by atoms with Gasteiger partial charge in [0.1, 0.15) is 5.76 Å². The van der Waals surface area contributed by atoms with Crippen LogP contribution in [0.15, 0.2) is 76.3 Å². The van der Waals surface area contributed by atoms with Crippen LogP contribution >= 0.6 is 11.6 Å². The molecule has 0 amide bonds. The van der Waals surface area contributed by atoms with Crippen molar-refractivity contribution in [2.24, 2.45) is 0 Å². The summed E-state index contributed by atoms with van der Waals surface area (Å²) in [5, 5.41) is 4.79. The van der Waals surface area contributed by atoms with E-state index in [-0.39, 0.29) is 10.6 Å². The number of aromatic nitrogens is 2. The Labute approximate surface area is 186 Å². The second kappa shape index (κ2) is 9.49. The number of benzene rings is 2. The van der Waals surface area contributed by atoms with Gasteiger partial charge in [0.25, 0.3) is 0 Å². The molecule has 0 N–H and O–H groups in total. The molecule has 0 saturated heterocycles. The topological polar surface area (TPSA) is 78.3 Å². The van der Waals surface area contributed by atoms with Crippen LogP contribution in [0.25, 0.3) is 16.8 Å². The molecule has 31 heavy (non-hydrogen) atoms. The summed E-state index contributed by atoms with van der Waals surface area (Å²) in [6.07, 6.45) is 5.97. The number of hydrogen-bond acceptors (Lipinski definition) is 5. The molecule has 3 rings (SSSR count). The number of nitrogens with zero attached hydrogens (tertiary/aromatic N) is 2. The van der Waals surface area contributed by atoms with Crippen molar-refractivity contribution in [1.29, 1.82) is 0 Å². The Morgan fingerprint density at radius 1 is 1.16 bits per heavy atom. The van der Waals surface area contributed by atoms with Crippen molar-refractivity contribution >= 4 is 21.4 Å². The molecule has 0 aliphatic heterocycles. The van der Waals surface area contributed by atoms with Gasteiger partial charge in [-0.05, 0) is 48.4 Å². The van der Waals surface area contributed by atoms with E-state index < -0.39 is 15.4 Å². The van der Waals surface area contributed by atoms with E-state index in [9.17, 15) is 13.2 Å². The van der Waals surface area contributed by atoms with Gasteiger partial charge in [-0.1, -0.05) is 43.6 Å². The summed E-state index contributed by atoms with van der Waals surface area (Å²) in [7, 11) is -3.33. The first-order valence-corrected chi connectivity index (χ1v) is 12.1. The SMILES string of the molecule is CCC=C(CC)Oc1c(-c2ccc(S(C)(=O)=O)cc2)cnn(-c2cccc(Cl)c2)c1=O. The quantitative estimate of drug-likeness (QED) is 0.463. The van der Waals surface area contributed by atoms with E-state index in [0.29, 0.717) is 34.0 Å². The van der Waals surface area contributed by atoms with Crippen molar-refractivity contribution in [3.8, 4) is 22.6 Å². The summed E-state index contributed by atoms with van der Waals surface area (Å²) >= 11 is 6.08. The van der Waals surface area contributed by atoms with E-state index in [1.165, 1.54) is 23.0 Å². The first kappa shape index (κ1) is 22.8. The zero-order valence-corrected chi connectivity index (χ0v) is 19.1. The average molecular weight is 459 g/mol. The number of rotatable bonds is 7. The first-order valence-electron chi connectivity index (χ1n) is 9.80. The fourth-order valence-electron chi connectivity index (χ4n) is 3.03. The van der Waals surface area contributed by atoms with E-state index >= 15 is 0 Å². The lowest BCUT2D eigenvalue weighted by atomic mass is 10.1. The summed E-state index contributed by atoms with van der Waals surface area (Å²) in [5.41, 5.74) is 1.16. The lowest BCUT2D eigenvalue weighted by Gasteiger charge is -2.15. The molecule has 0 fully saturated rings. The molecule has 1 heterocycles. The summed E-state index contributed by atoms with van der Waals surface area (Å²) in [6.45, 7) is 3.93. The van der Waals surface area contributed by atoms with Crippen molar-refractivity contribution in [3.05, 3.63) is 81.9 Å². The van der Waals surface area contributed by atoms with Gasteiger partial charge in [0, 0.05) is 17.7 Å². The van der Waals surface area contributed by atoms with E-state index in [4.69, 9.17) is 16.3 Å². The van der Waals surface area contributed by atoms with E-state index in [2.05, 4.69) is 5.10 Å². The van der Waals surface area contributed by atoms with Gasteiger partial charge in [-0.25, -0.2) is 8.42 Å². The smallest absolute Gasteiger partial charge is 0.315 e. The van der Waals surface area contributed by atoms with Crippen molar-refractivity contribution in [1.82, 2.24) is 9.78 Å². The van der Waals surface area contributed by atoms with Crippen molar-refractivity contribution < 1.29 is 13.2 Å². The standard InChI is InChI=1S/C23H23ClN2O4S/c1-4-7-19(5-2)30-22-21(16-10-12-20(13-11-16)31(3,28)29)15-25-26(23(22)27)18-9-6-8-17(24)14-18/h6-15H,4-5H2,1-3H3. The predicted molar refractivity (Wildman–Crippen MR) is 123 cm³/mol. The van der Waals surface area contributed by atoms with Crippen LogP contribution in [0.3, 0.4) is 0 Å². The fraction of sp³-hybridized carbons (Fsp3) is 0.217. The molecule has 0 saturated carbocycles. The molecule has 0 unspecified atom stereocenters. The highest BCUT2D eigenvalue weighted by atomic mass is 35.5. The average Bonchev–Trinajstić information content (AvgIpc) is 2.74. The minimum Gasteiger partial charge on any atom is -0.455 e. The Balaban J connectivity index is 2.20. The van der Waals surface area contributed by atoms with Crippen LogP contribution in [0.4, 0.5) is 0 Å². The van der Waals surface area contributed by atoms with Crippen molar-refractivity contribution in [2.75, 3.05) is 6.26 Å². The van der Waals surface area contributed by atoms with Crippen LogP contribution in [-0.4, -0.2) is 24.5 Å². The monoisotopic (exact) mass is 458 g/mol. The van der Waals surface area contributed by atoms with Crippen LogP contribution in [0, 0.1) is 0 Å². The lowest BCUT2D eigenvalue weighted by Crippen LogP contribution is -2.23. The molecule has 162 valence electrons. The summed E-state index contributed by atoms with van der Waals surface area (Å²) in [5.74, 6) is 0.779. The fourth-order valence-corrected chi connectivity index (χ4v) is 3.85. The van der Waals surface area contributed by atoms with E-state index in [0.717, 1.165) is 12.7 Å². The minimum absolute atomic E-state index is 0.114. The van der Waals surface area contributed by atoms with Gasteiger partial charge in [0.15, 0.2) is 9.84 Å². The van der Waals surface area contributed by atoms with Crippen molar-refractivity contribution in [2.45, 2.75) is 31.6 Å². The maximum atomic E-state index is 13.4. The van der Waals surface area contributed by atoms with Gasteiger partial charge in [-0.3, -0.25) is 4.79 Å². The first-order chi connectivity index (χ1) is 14.7. The molecule has 0 atom stereocenters. The zero-order chi connectivity index (χ0) is 22.6. The molecule has 3 aromatic rings. The Morgan fingerprint density at radius 2 is 1.87 bits per heavy atom. The van der Waals surface area contributed by atoms with Crippen LogP contribution in [0.2, 0.25) is 5.02 Å². The third kappa shape index (κ3) is 5.24. The summed E-state index contributed by atoms with van der Waals surface area (Å²) in [6, 6.07) is 13.1. The summed E-state index contributed by atoms with van der Waals surface area (Å²) < 4.78 is 30.8. The minimum atomic E-state index is -3.33. The third-order valence-corrected chi connectivity index (χ3v) is 5.96. The molecule has 0 bridgehead atoms. The van der Waals surface area contributed by atoms with Gasteiger partial charge in [0.2, 0.25) is 5.75 Å². The number of ether oxygens (including phenoxy) is 1. The highest BCUT2D eigenvalue weighted by Gasteiger charge is 2.18. The van der Waals surface area contributed by atoms with Gasteiger partial charge in [0.05, 0.1) is 22.3 Å². The number of sulfone groups is 1. The second-order valence-electron chi connectivity index (χ2n) is 6.92. The molecular formula is C23H23ClN2O4S. The van der Waals surface area contributed by atoms with Gasteiger partial charge in [-0.2, -0.15) is 9.78 Å². The van der Waals surface area contributed by atoms with E-state index in [1.54, 1.807) is 36.4 Å². The van der Waals surface area contributed by atoms with Crippen LogP contribution in [0.5, 0.6) is 5.75 Å². The molecule has 6 nitrogen and oxygen atoms in total. The summed E-state index contributed by atoms with van der Waals surface area (Å²) in [4.78, 5) is 13.6. The van der Waals surface area contributed by atoms with Crippen molar-refractivity contribution in [3.63, 3.8) is 0 Å². The Hall–Kier alpha value is -2.90. The Kier molecular flexibility index (Phi) is 6.97. The number of hydrogen-bond donors (Lipinski definition) is 0. The highest BCUT2D eigenvalue weighted by molar-refractivity contribution is 7.90. The number of halogens is 1. The maximum Gasteiger partial charge on any atom is 0.315 e. The predicted octanol–water partition coefficient (Wildman–Crippen LogP) is 5.04. The molecule has 0 spiro atoms. The molecule has 0 radical (unpaired) electrons. The van der Waals surface area contributed by atoms with Crippen LogP contribution in [-0.2, 0) is 9.84 Å². The van der Waals surface area contributed by atoms with Gasteiger partial charge in [-0.15, -0.1) is 0 Å². The Bertz CT molecular complexity index is 1280. The largest absolute Gasteiger partial charge is 0.455 e. The van der Waals surface area contributed by atoms with Crippen LogP contribution in [0.1, 0.15) is 26.7 Å². The second-order valence-corrected chi connectivity index (χ2v) is 9.37. The number of allylic oxidation sites excluding steroid dienone is 2. The van der Waals surface area contributed by atoms with Crippen LogP contribution < -0.4 is 10.3 Å². The zero-order valence-electron chi connectivity index (χ0n) is 17.5. The van der Waals surface area contributed by atoms with Gasteiger partial charge >= 0.3 is 5.56 Å². The molecule has 1 aromatic heterocycles. The lowest BCUT2D eigenvalue weighted by molar-refractivity contribution is 0.398. The molecular weight excluding hydrogens is 436 g/mol.